The Morgan fingerprint density at radius 1 is 1.04 bits per heavy atom. The minimum atomic E-state index is -0.0168. The molecule has 1 aliphatic rings. The SMILES string of the molecule is C=C1c2c(sc3c(CCCC)cccc23)-c2cccc[n+]2C1(CC)CC. The number of fused-ring (bicyclic) bond motifs is 5. The summed E-state index contributed by atoms with van der Waals surface area (Å²) in [5, 5.41) is 1.41. The van der Waals surface area contributed by atoms with Crippen LogP contribution < -0.4 is 4.57 Å². The second-order valence-electron chi connectivity index (χ2n) is 7.38. The van der Waals surface area contributed by atoms with E-state index in [1.165, 1.54) is 56.6 Å². The second-order valence-corrected chi connectivity index (χ2v) is 8.40. The zero-order valence-corrected chi connectivity index (χ0v) is 17.0. The van der Waals surface area contributed by atoms with E-state index in [9.17, 15) is 0 Å². The standard InChI is InChI=1S/C24H28NS/c1-5-8-12-18-13-11-14-19-21-17(4)24(6-2,7-3)25-16-10-9-15-20(25)23(21)26-22(18)19/h9-11,13-16H,4-8,12H2,1-3H3/q+1. The molecule has 0 fully saturated rings. The van der Waals surface area contributed by atoms with E-state index in [0.29, 0.717) is 0 Å². The Bertz CT molecular complexity index is 975. The summed E-state index contributed by atoms with van der Waals surface area (Å²) in [5.74, 6) is 0. The summed E-state index contributed by atoms with van der Waals surface area (Å²) >= 11 is 1.96. The molecule has 0 atom stereocenters. The Labute approximate surface area is 161 Å². The number of thiophene rings is 1. The van der Waals surface area contributed by atoms with Crippen molar-refractivity contribution in [2.45, 2.75) is 58.4 Å². The lowest BCUT2D eigenvalue weighted by Crippen LogP contribution is -2.58. The van der Waals surface area contributed by atoms with Crippen molar-refractivity contribution >= 4 is 27.0 Å². The molecule has 3 heterocycles. The molecule has 2 heteroatoms. The van der Waals surface area contributed by atoms with E-state index in [4.69, 9.17) is 0 Å². The molecule has 26 heavy (non-hydrogen) atoms. The third-order valence-corrected chi connectivity index (χ3v) is 7.49. The number of hydrogen-bond donors (Lipinski definition) is 0. The van der Waals surface area contributed by atoms with Crippen molar-refractivity contribution in [1.82, 2.24) is 0 Å². The molecule has 0 amide bonds. The van der Waals surface area contributed by atoms with Gasteiger partial charge in [-0.2, -0.15) is 4.57 Å². The van der Waals surface area contributed by atoms with E-state index >= 15 is 0 Å². The summed E-state index contributed by atoms with van der Waals surface area (Å²) in [5.41, 5.74) is 5.52. The maximum Gasteiger partial charge on any atom is 0.223 e. The summed E-state index contributed by atoms with van der Waals surface area (Å²) in [7, 11) is 0. The number of hydrogen-bond acceptors (Lipinski definition) is 1. The third-order valence-electron chi connectivity index (χ3n) is 6.18. The van der Waals surface area contributed by atoms with E-state index in [-0.39, 0.29) is 5.54 Å². The molecule has 1 aromatic carbocycles. The van der Waals surface area contributed by atoms with Crippen LogP contribution in [0.3, 0.4) is 0 Å². The molecular formula is C24H28NS+. The van der Waals surface area contributed by atoms with Gasteiger partial charge in [-0.15, -0.1) is 11.3 Å². The molecule has 0 saturated carbocycles. The van der Waals surface area contributed by atoms with Gasteiger partial charge < -0.3 is 0 Å². The summed E-state index contributed by atoms with van der Waals surface area (Å²) in [6.07, 6.45) is 8.04. The Hall–Kier alpha value is -1.93. The van der Waals surface area contributed by atoms with Gasteiger partial charge >= 0.3 is 0 Å². The lowest BCUT2D eigenvalue weighted by molar-refractivity contribution is -0.741. The smallest absolute Gasteiger partial charge is 0.188 e. The van der Waals surface area contributed by atoms with Crippen molar-refractivity contribution in [1.29, 1.82) is 0 Å². The first-order valence-corrected chi connectivity index (χ1v) is 10.7. The fraction of sp³-hybridized carbons (Fsp3) is 0.375. The molecule has 0 aliphatic carbocycles. The molecule has 0 radical (unpaired) electrons. The summed E-state index contributed by atoms with van der Waals surface area (Å²) in [6, 6.07) is 13.5. The Morgan fingerprint density at radius 3 is 2.58 bits per heavy atom. The number of unbranched alkanes of at least 4 members (excludes halogenated alkanes) is 1. The fourth-order valence-corrected chi connectivity index (χ4v) is 6.01. The van der Waals surface area contributed by atoms with Gasteiger partial charge in [0.25, 0.3) is 0 Å². The van der Waals surface area contributed by atoms with Crippen LogP contribution in [0.25, 0.3) is 26.2 Å². The van der Waals surface area contributed by atoms with Crippen molar-refractivity contribution in [2.24, 2.45) is 0 Å². The van der Waals surface area contributed by atoms with Crippen LogP contribution in [0.1, 0.15) is 57.6 Å². The predicted molar refractivity (Wildman–Crippen MR) is 114 cm³/mol. The van der Waals surface area contributed by atoms with Crippen LogP contribution in [-0.4, -0.2) is 0 Å². The molecule has 0 unspecified atom stereocenters. The van der Waals surface area contributed by atoms with Crippen molar-refractivity contribution in [2.75, 3.05) is 0 Å². The number of nitrogens with zero attached hydrogens (tertiary/aromatic N) is 1. The van der Waals surface area contributed by atoms with Gasteiger partial charge in [0.1, 0.15) is 4.88 Å². The highest BCUT2D eigenvalue weighted by Gasteiger charge is 2.47. The number of rotatable bonds is 5. The number of aryl methyl sites for hydroxylation is 1. The molecular weight excluding hydrogens is 334 g/mol. The highest BCUT2D eigenvalue weighted by molar-refractivity contribution is 7.22. The van der Waals surface area contributed by atoms with E-state index in [2.05, 4.69) is 74.5 Å². The number of benzene rings is 1. The van der Waals surface area contributed by atoms with Gasteiger partial charge in [-0.1, -0.05) is 52.0 Å². The predicted octanol–water partition coefficient (Wildman–Crippen LogP) is 6.74. The molecule has 0 saturated heterocycles. The molecule has 4 rings (SSSR count). The van der Waals surface area contributed by atoms with E-state index in [1.807, 2.05) is 11.3 Å². The van der Waals surface area contributed by atoms with Gasteiger partial charge in [-0.3, -0.25) is 0 Å². The van der Waals surface area contributed by atoms with E-state index < -0.39 is 0 Å². The monoisotopic (exact) mass is 362 g/mol. The largest absolute Gasteiger partial charge is 0.223 e. The molecule has 134 valence electrons. The summed E-state index contributed by atoms with van der Waals surface area (Å²) < 4.78 is 3.95. The van der Waals surface area contributed by atoms with Crippen LogP contribution in [0.2, 0.25) is 0 Å². The Morgan fingerprint density at radius 2 is 1.85 bits per heavy atom. The zero-order valence-electron chi connectivity index (χ0n) is 16.1. The van der Waals surface area contributed by atoms with Crippen LogP contribution in [-0.2, 0) is 12.0 Å². The molecule has 1 aliphatic heterocycles. The molecule has 2 aromatic heterocycles. The van der Waals surface area contributed by atoms with Crippen LogP contribution in [0.4, 0.5) is 0 Å². The second kappa shape index (κ2) is 6.66. The maximum atomic E-state index is 4.65. The molecule has 3 aromatic rings. The molecule has 0 spiro atoms. The quantitative estimate of drug-likeness (QED) is 0.442. The first-order chi connectivity index (χ1) is 12.7. The summed E-state index contributed by atoms with van der Waals surface area (Å²) in [4.78, 5) is 1.40. The minimum absolute atomic E-state index is 0.0168. The minimum Gasteiger partial charge on any atom is -0.188 e. The number of aromatic nitrogens is 1. The zero-order chi connectivity index (χ0) is 18.3. The van der Waals surface area contributed by atoms with Crippen LogP contribution in [0.5, 0.6) is 0 Å². The van der Waals surface area contributed by atoms with Crippen molar-refractivity contribution in [3.8, 4) is 10.6 Å². The lowest BCUT2D eigenvalue weighted by Gasteiger charge is -2.33. The number of pyridine rings is 1. The molecule has 0 bridgehead atoms. The first-order valence-electron chi connectivity index (χ1n) is 9.93. The van der Waals surface area contributed by atoms with E-state index in [0.717, 1.165) is 12.8 Å². The van der Waals surface area contributed by atoms with Crippen LogP contribution in [0.15, 0.2) is 49.2 Å². The van der Waals surface area contributed by atoms with Crippen LogP contribution >= 0.6 is 11.3 Å². The van der Waals surface area contributed by atoms with Crippen molar-refractivity contribution < 1.29 is 4.57 Å². The average molecular weight is 363 g/mol. The van der Waals surface area contributed by atoms with Crippen LogP contribution in [0, 0.1) is 0 Å². The third kappa shape index (κ3) is 2.31. The van der Waals surface area contributed by atoms with E-state index in [1.54, 1.807) is 0 Å². The Balaban J connectivity index is 2.04. The normalized spacial score (nSPS) is 15.1. The highest BCUT2D eigenvalue weighted by atomic mass is 32.1. The van der Waals surface area contributed by atoms with Crippen molar-refractivity contribution in [3.05, 3.63) is 60.3 Å². The van der Waals surface area contributed by atoms with Gasteiger partial charge in [0, 0.05) is 46.2 Å². The van der Waals surface area contributed by atoms with Gasteiger partial charge in [-0.05, 0) is 24.5 Å². The lowest BCUT2D eigenvalue weighted by atomic mass is 9.77. The molecule has 1 nitrogen and oxygen atoms in total. The highest BCUT2D eigenvalue weighted by Crippen LogP contribution is 2.50. The number of allylic oxidation sites excluding steroid dienone is 1. The van der Waals surface area contributed by atoms with Gasteiger partial charge in [0.15, 0.2) is 11.7 Å². The average Bonchev–Trinajstić information content (AvgIpc) is 3.08. The van der Waals surface area contributed by atoms with Gasteiger partial charge in [0.05, 0.1) is 0 Å². The first kappa shape index (κ1) is 17.5. The topological polar surface area (TPSA) is 3.88 Å². The maximum absolute atomic E-state index is 4.65. The van der Waals surface area contributed by atoms with Gasteiger partial charge in [-0.25, -0.2) is 0 Å². The summed E-state index contributed by atoms with van der Waals surface area (Å²) in [6.45, 7) is 11.5. The van der Waals surface area contributed by atoms with Gasteiger partial charge in [0.2, 0.25) is 5.69 Å². The van der Waals surface area contributed by atoms with Crippen molar-refractivity contribution in [3.63, 3.8) is 0 Å². The fourth-order valence-electron chi connectivity index (χ4n) is 4.62. The molecule has 0 N–H and O–H groups in total. The Kier molecular flexibility index (Phi) is 4.48.